The first-order chi connectivity index (χ1) is 15.6. The molecule has 1 saturated heterocycles. The van der Waals surface area contributed by atoms with Crippen LogP contribution in [0.4, 0.5) is 28.9 Å². The zero-order valence-corrected chi connectivity index (χ0v) is 18.1. The highest BCUT2D eigenvalue weighted by atomic mass is 32.2. The molecule has 0 aliphatic carbocycles. The molecule has 0 spiro atoms. The standard InChI is InChI=1S/C24H18F4N2O2S/c1-14-5-10-19(25)20(11-14)30-21(31)13-33-23(30)16-3-2-4-18(12-16)29-22(32)15-6-8-17(9-7-15)24(26,27)28/h2-12,23H,13H2,1H3,(H,29,32)/t23-/m0/s1. The summed E-state index contributed by atoms with van der Waals surface area (Å²) >= 11 is 1.34. The molecule has 1 fully saturated rings. The van der Waals surface area contributed by atoms with Gasteiger partial charge in [-0.15, -0.1) is 11.8 Å². The second kappa shape index (κ2) is 8.90. The summed E-state index contributed by atoms with van der Waals surface area (Å²) in [4.78, 5) is 26.5. The summed E-state index contributed by atoms with van der Waals surface area (Å²) in [5, 5.41) is 2.17. The molecule has 1 aliphatic heterocycles. The molecule has 1 atom stereocenters. The quantitative estimate of drug-likeness (QED) is 0.459. The average Bonchev–Trinajstić information content (AvgIpc) is 3.16. The van der Waals surface area contributed by atoms with Crippen molar-refractivity contribution in [2.24, 2.45) is 0 Å². The van der Waals surface area contributed by atoms with Crippen LogP contribution in [-0.4, -0.2) is 17.6 Å². The average molecular weight is 474 g/mol. The fraction of sp³-hybridized carbons (Fsp3) is 0.167. The van der Waals surface area contributed by atoms with Crippen molar-refractivity contribution in [2.45, 2.75) is 18.5 Å². The minimum Gasteiger partial charge on any atom is -0.322 e. The number of aryl methyl sites for hydroxylation is 1. The van der Waals surface area contributed by atoms with Gasteiger partial charge >= 0.3 is 6.18 Å². The summed E-state index contributed by atoms with van der Waals surface area (Å²) in [6.45, 7) is 1.81. The van der Waals surface area contributed by atoms with Crippen molar-refractivity contribution in [2.75, 3.05) is 16.0 Å². The van der Waals surface area contributed by atoms with E-state index in [9.17, 15) is 27.2 Å². The van der Waals surface area contributed by atoms with Gasteiger partial charge in [-0.2, -0.15) is 13.2 Å². The molecule has 0 saturated carbocycles. The number of thioether (sulfide) groups is 1. The summed E-state index contributed by atoms with van der Waals surface area (Å²) in [7, 11) is 0. The van der Waals surface area contributed by atoms with Crippen LogP contribution in [0.5, 0.6) is 0 Å². The van der Waals surface area contributed by atoms with Crippen LogP contribution < -0.4 is 10.2 Å². The number of halogens is 4. The molecule has 0 radical (unpaired) electrons. The van der Waals surface area contributed by atoms with Crippen LogP contribution >= 0.6 is 11.8 Å². The van der Waals surface area contributed by atoms with Gasteiger partial charge in [-0.25, -0.2) is 4.39 Å². The normalized spacial score (nSPS) is 16.2. The van der Waals surface area contributed by atoms with E-state index >= 15 is 0 Å². The first-order valence-corrected chi connectivity index (χ1v) is 11.0. The SMILES string of the molecule is Cc1ccc(F)c(N2C(=O)CS[C@H]2c2cccc(NC(=O)c3ccc(C(F)(F)F)cc3)c2)c1. The van der Waals surface area contributed by atoms with Gasteiger partial charge in [0.25, 0.3) is 5.91 Å². The van der Waals surface area contributed by atoms with Crippen LogP contribution in [0.25, 0.3) is 0 Å². The molecule has 0 unspecified atom stereocenters. The minimum atomic E-state index is -4.48. The number of carbonyl (C=O) groups excluding carboxylic acids is 2. The van der Waals surface area contributed by atoms with Crippen molar-refractivity contribution in [3.8, 4) is 0 Å². The van der Waals surface area contributed by atoms with Gasteiger partial charge < -0.3 is 5.32 Å². The van der Waals surface area contributed by atoms with Gasteiger partial charge in [0.05, 0.1) is 17.0 Å². The zero-order chi connectivity index (χ0) is 23.8. The maximum Gasteiger partial charge on any atom is 0.416 e. The van der Waals surface area contributed by atoms with Crippen molar-refractivity contribution >= 4 is 35.0 Å². The maximum atomic E-state index is 14.5. The molecule has 3 aromatic rings. The molecule has 33 heavy (non-hydrogen) atoms. The lowest BCUT2D eigenvalue weighted by molar-refractivity contribution is -0.137. The van der Waals surface area contributed by atoms with Crippen LogP contribution in [0.15, 0.2) is 66.7 Å². The van der Waals surface area contributed by atoms with E-state index in [0.717, 1.165) is 29.8 Å². The Labute approximate surface area is 191 Å². The van der Waals surface area contributed by atoms with E-state index in [4.69, 9.17) is 0 Å². The van der Waals surface area contributed by atoms with Crippen LogP contribution in [0.1, 0.15) is 32.4 Å². The number of nitrogens with zero attached hydrogens (tertiary/aromatic N) is 1. The molecular weight excluding hydrogens is 456 g/mol. The summed E-state index contributed by atoms with van der Waals surface area (Å²) in [6, 6.07) is 15.2. The van der Waals surface area contributed by atoms with Gasteiger partial charge in [0.15, 0.2) is 0 Å². The molecule has 4 rings (SSSR count). The molecule has 1 heterocycles. The fourth-order valence-electron chi connectivity index (χ4n) is 3.52. The topological polar surface area (TPSA) is 49.4 Å². The molecule has 3 aromatic carbocycles. The second-order valence-corrected chi connectivity index (χ2v) is 8.61. The van der Waals surface area contributed by atoms with Crippen molar-refractivity contribution in [3.05, 3.63) is 94.8 Å². The molecule has 4 nitrogen and oxygen atoms in total. The third kappa shape index (κ3) is 4.88. The van der Waals surface area contributed by atoms with Crippen molar-refractivity contribution in [1.82, 2.24) is 0 Å². The number of hydrogen-bond acceptors (Lipinski definition) is 3. The number of nitrogens with one attached hydrogen (secondary N) is 1. The van der Waals surface area contributed by atoms with Gasteiger partial charge in [0.1, 0.15) is 11.2 Å². The highest BCUT2D eigenvalue weighted by Gasteiger charge is 2.35. The number of rotatable bonds is 4. The van der Waals surface area contributed by atoms with Crippen molar-refractivity contribution < 1.29 is 27.2 Å². The van der Waals surface area contributed by atoms with E-state index in [0.29, 0.717) is 11.3 Å². The highest BCUT2D eigenvalue weighted by molar-refractivity contribution is 8.00. The third-order valence-corrected chi connectivity index (χ3v) is 6.35. The molecule has 1 N–H and O–H groups in total. The molecule has 9 heteroatoms. The summed E-state index contributed by atoms with van der Waals surface area (Å²) in [5.41, 5.74) is 1.32. The van der Waals surface area contributed by atoms with Gasteiger partial charge in [-0.3, -0.25) is 14.5 Å². The Balaban J connectivity index is 1.56. The predicted octanol–water partition coefficient (Wildman–Crippen LogP) is 6.18. The molecule has 1 aliphatic rings. The van der Waals surface area contributed by atoms with E-state index in [2.05, 4.69) is 5.32 Å². The first-order valence-electron chi connectivity index (χ1n) is 9.92. The Kier molecular flexibility index (Phi) is 6.16. The van der Waals surface area contributed by atoms with E-state index in [1.807, 2.05) is 6.92 Å². The van der Waals surface area contributed by atoms with Crippen LogP contribution in [0.3, 0.4) is 0 Å². The van der Waals surface area contributed by atoms with Crippen LogP contribution in [-0.2, 0) is 11.0 Å². The third-order valence-electron chi connectivity index (χ3n) is 5.13. The summed E-state index contributed by atoms with van der Waals surface area (Å²) in [5.74, 6) is -1.13. The maximum absolute atomic E-state index is 14.5. The van der Waals surface area contributed by atoms with Gasteiger partial charge in [0.2, 0.25) is 5.91 Å². The van der Waals surface area contributed by atoms with Crippen LogP contribution in [0, 0.1) is 12.7 Å². The Morgan fingerprint density at radius 3 is 2.48 bits per heavy atom. The Bertz CT molecular complexity index is 1210. The molecule has 2 amide bonds. The molecular formula is C24H18F4N2O2S. The number of anilines is 2. The number of alkyl halides is 3. The number of benzene rings is 3. The number of carbonyl (C=O) groups is 2. The molecule has 0 aromatic heterocycles. The van der Waals surface area contributed by atoms with Crippen molar-refractivity contribution in [1.29, 1.82) is 0 Å². The summed E-state index contributed by atoms with van der Waals surface area (Å²) in [6.07, 6.45) is -4.48. The Hall–Kier alpha value is -3.33. The lowest BCUT2D eigenvalue weighted by atomic mass is 10.1. The smallest absolute Gasteiger partial charge is 0.322 e. The van der Waals surface area contributed by atoms with Gasteiger partial charge in [-0.05, 0) is 66.6 Å². The summed E-state index contributed by atoms with van der Waals surface area (Å²) < 4.78 is 52.7. The van der Waals surface area contributed by atoms with E-state index < -0.39 is 28.8 Å². The number of amides is 2. The predicted molar refractivity (Wildman–Crippen MR) is 120 cm³/mol. The van der Waals surface area contributed by atoms with Crippen LogP contribution in [0.2, 0.25) is 0 Å². The lowest BCUT2D eigenvalue weighted by Gasteiger charge is -2.25. The molecule has 0 bridgehead atoms. The Morgan fingerprint density at radius 2 is 1.79 bits per heavy atom. The first kappa shape index (κ1) is 22.8. The van der Waals surface area contributed by atoms with Gasteiger partial charge in [0, 0.05) is 11.3 Å². The van der Waals surface area contributed by atoms with E-state index in [1.165, 1.54) is 22.7 Å². The molecule has 170 valence electrons. The number of hydrogen-bond donors (Lipinski definition) is 1. The van der Waals surface area contributed by atoms with Crippen molar-refractivity contribution in [3.63, 3.8) is 0 Å². The van der Waals surface area contributed by atoms with Gasteiger partial charge in [-0.1, -0.05) is 18.2 Å². The highest BCUT2D eigenvalue weighted by Crippen LogP contribution is 2.43. The van der Waals surface area contributed by atoms with E-state index in [-0.39, 0.29) is 22.9 Å². The largest absolute Gasteiger partial charge is 0.416 e. The second-order valence-electron chi connectivity index (χ2n) is 7.54. The lowest BCUT2D eigenvalue weighted by Crippen LogP contribution is -2.28. The minimum absolute atomic E-state index is 0.0716. The Morgan fingerprint density at radius 1 is 1.06 bits per heavy atom. The van der Waals surface area contributed by atoms with E-state index in [1.54, 1.807) is 36.4 Å². The monoisotopic (exact) mass is 474 g/mol. The zero-order valence-electron chi connectivity index (χ0n) is 17.3. The fourth-order valence-corrected chi connectivity index (χ4v) is 4.68.